The molecule has 0 amide bonds. The Morgan fingerprint density at radius 3 is 2.94 bits per heavy atom. The molecule has 4 nitrogen and oxygen atoms in total. The Balaban J connectivity index is 2.31. The quantitative estimate of drug-likeness (QED) is 0.791. The van der Waals surface area contributed by atoms with Gasteiger partial charge in [-0.1, -0.05) is 6.42 Å². The number of alkyl halides is 1. The molecule has 1 unspecified atom stereocenters. The minimum absolute atomic E-state index is 0.0874. The summed E-state index contributed by atoms with van der Waals surface area (Å²) in [6, 6.07) is 3.12. The first-order chi connectivity index (χ1) is 8.16. The van der Waals surface area contributed by atoms with E-state index < -0.39 is 10.0 Å². The molecule has 17 heavy (non-hydrogen) atoms. The van der Waals surface area contributed by atoms with Crippen LogP contribution >= 0.6 is 11.6 Å². The zero-order valence-electron chi connectivity index (χ0n) is 9.42. The van der Waals surface area contributed by atoms with Crippen LogP contribution < -0.4 is 0 Å². The summed E-state index contributed by atoms with van der Waals surface area (Å²) in [4.78, 5) is 4.11. The zero-order chi connectivity index (χ0) is 12.3. The van der Waals surface area contributed by atoms with Gasteiger partial charge in [-0.3, -0.25) is 4.98 Å². The summed E-state index contributed by atoms with van der Waals surface area (Å²) in [7, 11) is -3.44. The number of sulfonamides is 1. The average molecular weight is 275 g/mol. The van der Waals surface area contributed by atoms with Gasteiger partial charge in [-0.15, -0.1) is 11.6 Å². The van der Waals surface area contributed by atoms with Gasteiger partial charge in [-0.2, -0.15) is 4.31 Å². The topological polar surface area (TPSA) is 50.3 Å². The van der Waals surface area contributed by atoms with Crippen LogP contribution in [0.3, 0.4) is 0 Å². The van der Waals surface area contributed by atoms with Crippen molar-refractivity contribution in [3.63, 3.8) is 0 Å². The Bertz CT molecular complexity index is 464. The van der Waals surface area contributed by atoms with E-state index in [2.05, 4.69) is 4.98 Å². The molecule has 1 saturated heterocycles. The van der Waals surface area contributed by atoms with Gasteiger partial charge in [-0.05, 0) is 25.0 Å². The molecule has 1 fully saturated rings. The van der Waals surface area contributed by atoms with Gasteiger partial charge in [0.25, 0.3) is 0 Å². The van der Waals surface area contributed by atoms with Crippen LogP contribution in [-0.4, -0.2) is 36.2 Å². The number of hydrogen-bond donors (Lipinski definition) is 0. The normalized spacial score (nSPS) is 22.5. The van der Waals surface area contributed by atoms with Crippen LogP contribution in [0.15, 0.2) is 29.4 Å². The first-order valence-corrected chi connectivity index (χ1v) is 7.61. The van der Waals surface area contributed by atoms with E-state index in [0.29, 0.717) is 12.4 Å². The molecule has 1 aromatic rings. The van der Waals surface area contributed by atoms with Crippen LogP contribution in [0.25, 0.3) is 0 Å². The predicted molar refractivity (Wildman–Crippen MR) is 66.5 cm³/mol. The fraction of sp³-hybridized carbons (Fsp3) is 0.545. The summed E-state index contributed by atoms with van der Waals surface area (Å²) in [6.07, 6.45) is 5.72. The van der Waals surface area contributed by atoms with E-state index in [4.69, 9.17) is 11.6 Å². The SMILES string of the molecule is O=S(=O)(c1cccnc1)N1CCCCC1CCl. The highest BCUT2D eigenvalue weighted by atomic mass is 35.5. The molecule has 0 saturated carbocycles. The molecular weight excluding hydrogens is 260 g/mol. The van der Waals surface area contributed by atoms with Gasteiger partial charge < -0.3 is 0 Å². The standard InChI is InChI=1S/C11H15ClN2O2S/c12-8-10-4-1-2-7-14(10)17(15,16)11-5-3-6-13-9-11/h3,5-6,9-10H,1-2,4,7-8H2. The Hall–Kier alpha value is -0.650. The zero-order valence-corrected chi connectivity index (χ0v) is 11.0. The molecule has 0 aliphatic carbocycles. The summed E-state index contributed by atoms with van der Waals surface area (Å²) in [6.45, 7) is 0.550. The highest BCUT2D eigenvalue weighted by molar-refractivity contribution is 7.89. The lowest BCUT2D eigenvalue weighted by molar-refractivity contribution is 0.271. The van der Waals surface area contributed by atoms with Crippen LogP contribution in [0, 0.1) is 0 Å². The van der Waals surface area contributed by atoms with Crippen molar-refractivity contribution in [1.29, 1.82) is 0 Å². The highest BCUT2D eigenvalue weighted by Crippen LogP contribution is 2.25. The van der Waals surface area contributed by atoms with Gasteiger partial charge in [0.15, 0.2) is 0 Å². The van der Waals surface area contributed by atoms with E-state index >= 15 is 0 Å². The Morgan fingerprint density at radius 2 is 2.29 bits per heavy atom. The molecule has 0 N–H and O–H groups in total. The lowest BCUT2D eigenvalue weighted by Crippen LogP contribution is -2.44. The van der Waals surface area contributed by atoms with E-state index in [1.165, 1.54) is 10.5 Å². The average Bonchev–Trinajstić information content (AvgIpc) is 2.39. The first-order valence-electron chi connectivity index (χ1n) is 5.64. The minimum Gasteiger partial charge on any atom is -0.263 e. The van der Waals surface area contributed by atoms with Gasteiger partial charge in [-0.25, -0.2) is 8.42 Å². The van der Waals surface area contributed by atoms with Gasteiger partial charge in [0.1, 0.15) is 4.90 Å². The molecular formula is C11H15ClN2O2S. The van der Waals surface area contributed by atoms with Crippen molar-refractivity contribution in [2.45, 2.75) is 30.2 Å². The second-order valence-electron chi connectivity index (χ2n) is 4.11. The van der Waals surface area contributed by atoms with Gasteiger partial charge >= 0.3 is 0 Å². The fourth-order valence-corrected chi connectivity index (χ4v) is 4.14. The van der Waals surface area contributed by atoms with Gasteiger partial charge in [0, 0.05) is 30.9 Å². The fourth-order valence-electron chi connectivity index (χ4n) is 2.08. The van der Waals surface area contributed by atoms with E-state index in [-0.39, 0.29) is 10.9 Å². The third-order valence-electron chi connectivity index (χ3n) is 2.99. The summed E-state index contributed by atoms with van der Waals surface area (Å²) in [5.41, 5.74) is 0. The van der Waals surface area contributed by atoms with Crippen LogP contribution in [0.1, 0.15) is 19.3 Å². The lowest BCUT2D eigenvalue weighted by Gasteiger charge is -2.33. The minimum atomic E-state index is -3.44. The van der Waals surface area contributed by atoms with Crippen molar-refractivity contribution in [1.82, 2.24) is 9.29 Å². The summed E-state index contributed by atoms with van der Waals surface area (Å²) in [5, 5.41) is 0. The third kappa shape index (κ3) is 2.61. The number of piperidine rings is 1. The maximum atomic E-state index is 12.4. The van der Waals surface area contributed by atoms with Gasteiger partial charge in [0.05, 0.1) is 0 Å². The molecule has 0 radical (unpaired) electrons. The van der Waals surface area contributed by atoms with E-state index in [9.17, 15) is 8.42 Å². The number of aromatic nitrogens is 1. The number of rotatable bonds is 3. The number of halogens is 1. The molecule has 1 aromatic heterocycles. The molecule has 2 heterocycles. The number of pyridine rings is 1. The van der Waals surface area contributed by atoms with Crippen molar-refractivity contribution in [3.05, 3.63) is 24.5 Å². The van der Waals surface area contributed by atoms with E-state index in [1.54, 1.807) is 18.3 Å². The summed E-state index contributed by atoms with van der Waals surface area (Å²) < 4.78 is 26.3. The molecule has 2 rings (SSSR count). The van der Waals surface area contributed by atoms with E-state index in [0.717, 1.165) is 19.3 Å². The van der Waals surface area contributed by atoms with Crippen LogP contribution in [0.5, 0.6) is 0 Å². The number of nitrogens with zero attached hydrogens (tertiary/aromatic N) is 2. The molecule has 0 spiro atoms. The van der Waals surface area contributed by atoms with E-state index in [1.807, 2.05) is 0 Å². The summed E-state index contributed by atoms with van der Waals surface area (Å²) >= 11 is 5.85. The smallest absolute Gasteiger partial charge is 0.244 e. The summed E-state index contributed by atoms with van der Waals surface area (Å²) in [5.74, 6) is 0.347. The Labute approximate surface area is 107 Å². The van der Waals surface area contributed by atoms with Crippen molar-refractivity contribution in [2.24, 2.45) is 0 Å². The first kappa shape index (κ1) is 12.8. The van der Waals surface area contributed by atoms with Gasteiger partial charge in [0.2, 0.25) is 10.0 Å². The Morgan fingerprint density at radius 1 is 1.47 bits per heavy atom. The molecule has 0 bridgehead atoms. The Kier molecular flexibility index (Phi) is 4.01. The molecule has 6 heteroatoms. The van der Waals surface area contributed by atoms with Crippen LogP contribution in [0.2, 0.25) is 0 Å². The maximum Gasteiger partial charge on any atom is 0.244 e. The molecule has 1 atom stereocenters. The van der Waals surface area contributed by atoms with Crippen molar-refractivity contribution >= 4 is 21.6 Å². The number of hydrogen-bond acceptors (Lipinski definition) is 3. The molecule has 94 valence electrons. The largest absolute Gasteiger partial charge is 0.263 e. The predicted octanol–water partition coefficient (Wildman–Crippen LogP) is 1.86. The van der Waals surface area contributed by atoms with Crippen molar-refractivity contribution < 1.29 is 8.42 Å². The molecule has 1 aliphatic heterocycles. The molecule has 0 aromatic carbocycles. The third-order valence-corrected chi connectivity index (χ3v) is 5.28. The highest BCUT2D eigenvalue weighted by Gasteiger charge is 2.32. The van der Waals surface area contributed by atoms with Crippen LogP contribution in [0.4, 0.5) is 0 Å². The van der Waals surface area contributed by atoms with Crippen molar-refractivity contribution in [2.75, 3.05) is 12.4 Å². The monoisotopic (exact) mass is 274 g/mol. The second-order valence-corrected chi connectivity index (χ2v) is 6.31. The maximum absolute atomic E-state index is 12.4. The van der Waals surface area contributed by atoms with Crippen molar-refractivity contribution in [3.8, 4) is 0 Å². The second kappa shape index (κ2) is 5.33. The molecule has 1 aliphatic rings. The van der Waals surface area contributed by atoms with Crippen LogP contribution in [-0.2, 0) is 10.0 Å². The lowest BCUT2D eigenvalue weighted by atomic mass is 10.1.